The number of benzene rings is 2. The molecule has 28 heavy (non-hydrogen) atoms. The van der Waals surface area contributed by atoms with Crippen LogP contribution in [0.25, 0.3) is 0 Å². The first-order valence-electron chi connectivity index (χ1n) is 8.96. The Kier molecular flexibility index (Phi) is 7.80. The van der Waals surface area contributed by atoms with Crippen LogP contribution in [-0.4, -0.2) is 29.0 Å². The summed E-state index contributed by atoms with van der Waals surface area (Å²) in [5.74, 6) is -2.95. The van der Waals surface area contributed by atoms with Gasteiger partial charge in [-0.05, 0) is 41.8 Å². The van der Waals surface area contributed by atoms with Crippen molar-refractivity contribution in [3.63, 3.8) is 0 Å². The minimum absolute atomic E-state index is 0.125. The Hall–Kier alpha value is -3.09. The van der Waals surface area contributed by atoms with E-state index in [0.717, 1.165) is 0 Å². The zero-order valence-electron chi connectivity index (χ0n) is 15.6. The highest BCUT2D eigenvalue weighted by molar-refractivity contribution is 6.39. The second-order valence-electron chi connectivity index (χ2n) is 6.36. The van der Waals surface area contributed by atoms with Crippen LogP contribution in [0.4, 0.5) is 8.78 Å². The predicted molar refractivity (Wildman–Crippen MR) is 100.0 cm³/mol. The van der Waals surface area contributed by atoms with E-state index in [9.17, 15) is 23.2 Å². The number of hydrogen-bond donors (Lipinski definition) is 1. The van der Waals surface area contributed by atoms with Gasteiger partial charge in [-0.3, -0.25) is 14.4 Å². The van der Waals surface area contributed by atoms with Gasteiger partial charge < -0.3 is 10.2 Å². The van der Waals surface area contributed by atoms with Gasteiger partial charge in [-0.1, -0.05) is 31.2 Å². The van der Waals surface area contributed by atoms with Crippen molar-refractivity contribution in [2.24, 2.45) is 0 Å². The molecule has 0 heterocycles. The lowest BCUT2D eigenvalue weighted by Gasteiger charge is -2.23. The van der Waals surface area contributed by atoms with Crippen LogP contribution in [-0.2, 0) is 27.5 Å². The fourth-order valence-corrected chi connectivity index (χ4v) is 2.52. The van der Waals surface area contributed by atoms with Crippen LogP contribution in [0.1, 0.15) is 30.9 Å². The van der Waals surface area contributed by atoms with Gasteiger partial charge in [-0.2, -0.15) is 0 Å². The quantitative estimate of drug-likeness (QED) is 0.531. The van der Waals surface area contributed by atoms with Crippen molar-refractivity contribution in [1.29, 1.82) is 0 Å². The van der Waals surface area contributed by atoms with Crippen molar-refractivity contribution < 1.29 is 23.2 Å². The number of carbonyl (C=O) groups excluding carboxylic acids is 3. The molecule has 148 valence electrons. The molecule has 7 heteroatoms. The molecule has 1 N–H and O–H groups in total. The maximum atomic E-state index is 13.1. The van der Waals surface area contributed by atoms with Crippen LogP contribution in [0.2, 0.25) is 0 Å². The van der Waals surface area contributed by atoms with Gasteiger partial charge in [-0.25, -0.2) is 8.78 Å². The van der Waals surface area contributed by atoms with Gasteiger partial charge in [0, 0.05) is 19.6 Å². The molecule has 2 aromatic carbocycles. The summed E-state index contributed by atoms with van der Waals surface area (Å²) in [5, 5.41) is 2.45. The van der Waals surface area contributed by atoms with Crippen molar-refractivity contribution in [2.45, 2.75) is 32.9 Å². The van der Waals surface area contributed by atoms with Crippen LogP contribution in [0.5, 0.6) is 0 Å². The molecule has 0 saturated heterocycles. The van der Waals surface area contributed by atoms with Gasteiger partial charge in [0.2, 0.25) is 11.7 Å². The fraction of sp³-hybridized carbons (Fsp3) is 0.286. The minimum atomic E-state index is -0.818. The van der Waals surface area contributed by atoms with Crippen LogP contribution in [0.15, 0.2) is 48.5 Å². The van der Waals surface area contributed by atoms with Gasteiger partial charge >= 0.3 is 0 Å². The highest BCUT2D eigenvalue weighted by Gasteiger charge is 2.22. The van der Waals surface area contributed by atoms with Crippen LogP contribution in [0, 0.1) is 11.6 Å². The Bertz CT molecular complexity index is 773. The molecule has 0 aliphatic carbocycles. The fourth-order valence-electron chi connectivity index (χ4n) is 2.52. The molecule has 0 atom stereocenters. The van der Waals surface area contributed by atoms with Gasteiger partial charge in [0.15, 0.2) is 0 Å². The van der Waals surface area contributed by atoms with Crippen molar-refractivity contribution >= 4 is 17.6 Å². The molecule has 0 aliphatic heterocycles. The number of amides is 2. The van der Waals surface area contributed by atoms with Crippen molar-refractivity contribution in [3.05, 3.63) is 71.3 Å². The predicted octanol–water partition coefficient (Wildman–Crippen LogP) is 2.98. The van der Waals surface area contributed by atoms with Crippen LogP contribution < -0.4 is 5.32 Å². The number of halogens is 2. The molecule has 2 rings (SSSR count). The summed E-state index contributed by atoms with van der Waals surface area (Å²) in [7, 11) is 0. The van der Waals surface area contributed by atoms with Gasteiger partial charge in [-0.15, -0.1) is 0 Å². The van der Waals surface area contributed by atoms with Crippen molar-refractivity contribution in [2.75, 3.05) is 6.54 Å². The average Bonchev–Trinajstić information content (AvgIpc) is 2.68. The third-order valence-corrected chi connectivity index (χ3v) is 4.03. The largest absolute Gasteiger partial charge is 0.350 e. The van der Waals surface area contributed by atoms with Crippen molar-refractivity contribution in [1.82, 2.24) is 10.2 Å². The van der Waals surface area contributed by atoms with E-state index in [4.69, 9.17) is 0 Å². The zero-order chi connectivity index (χ0) is 20.5. The molecule has 0 saturated carbocycles. The third kappa shape index (κ3) is 6.57. The lowest BCUT2D eigenvalue weighted by molar-refractivity contribution is -0.143. The third-order valence-electron chi connectivity index (χ3n) is 4.03. The maximum absolute atomic E-state index is 13.1. The monoisotopic (exact) mass is 388 g/mol. The normalized spacial score (nSPS) is 10.4. The summed E-state index contributed by atoms with van der Waals surface area (Å²) in [5.41, 5.74) is 1.33. The standard InChI is InChI=1S/C21H22F2N2O3/c1-2-11-24-21(28)19(26)12-20(27)25(13-15-3-7-17(22)8-4-15)14-16-5-9-18(23)10-6-16/h3-10H,2,11-14H2,1H3,(H,24,28). The number of Topliss-reactive ketones (excluding diaryl/α,β-unsaturated/α-hetero) is 1. The zero-order valence-corrected chi connectivity index (χ0v) is 15.6. The lowest BCUT2D eigenvalue weighted by atomic mass is 10.1. The Morgan fingerprint density at radius 3 is 1.75 bits per heavy atom. The second kappa shape index (κ2) is 10.3. The summed E-state index contributed by atoms with van der Waals surface area (Å²) in [6.07, 6.45) is 0.103. The molecule has 5 nitrogen and oxygen atoms in total. The summed E-state index contributed by atoms with van der Waals surface area (Å²) in [4.78, 5) is 37.8. The second-order valence-corrected chi connectivity index (χ2v) is 6.36. The lowest BCUT2D eigenvalue weighted by Crippen LogP contribution is -2.37. The Morgan fingerprint density at radius 1 is 0.857 bits per heavy atom. The number of rotatable bonds is 9. The van der Waals surface area contributed by atoms with E-state index in [1.54, 1.807) is 0 Å². The van der Waals surface area contributed by atoms with Crippen LogP contribution in [0.3, 0.4) is 0 Å². The first-order chi connectivity index (χ1) is 13.4. The molecule has 0 unspecified atom stereocenters. The van der Waals surface area contributed by atoms with E-state index >= 15 is 0 Å². The van der Waals surface area contributed by atoms with Gasteiger partial charge in [0.05, 0.1) is 6.42 Å². The highest BCUT2D eigenvalue weighted by atomic mass is 19.1. The highest BCUT2D eigenvalue weighted by Crippen LogP contribution is 2.13. The molecule has 2 amide bonds. The van der Waals surface area contributed by atoms with Gasteiger partial charge in [0.25, 0.3) is 5.91 Å². The van der Waals surface area contributed by atoms with E-state index < -0.39 is 35.7 Å². The first kappa shape index (κ1) is 21.2. The van der Waals surface area contributed by atoms with E-state index in [2.05, 4.69) is 5.32 Å². The Balaban J connectivity index is 2.12. The van der Waals surface area contributed by atoms with Crippen molar-refractivity contribution in [3.8, 4) is 0 Å². The Morgan fingerprint density at radius 2 is 1.32 bits per heavy atom. The molecule has 2 aromatic rings. The number of nitrogens with one attached hydrogen (secondary N) is 1. The van der Waals surface area contributed by atoms with E-state index in [0.29, 0.717) is 24.1 Å². The average molecular weight is 388 g/mol. The van der Waals surface area contributed by atoms with Gasteiger partial charge in [0.1, 0.15) is 11.6 Å². The maximum Gasteiger partial charge on any atom is 0.287 e. The molecular formula is C21H22F2N2O3. The minimum Gasteiger partial charge on any atom is -0.350 e. The smallest absolute Gasteiger partial charge is 0.287 e. The van der Waals surface area contributed by atoms with E-state index in [1.165, 1.54) is 53.4 Å². The summed E-state index contributed by atoms with van der Waals surface area (Å²) < 4.78 is 26.2. The Labute approximate surface area is 162 Å². The number of nitrogens with zero attached hydrogens (tertiary/aromatic N) is 1. The topological polar surface area (TPSA) is 66.5 Å². The number of hydrogen-bond acceptors (Lipinski definition) is 3. The van der Waals surface area contributed by atoms with E-state index in [1.807, 2.05) is 6.92 Å². The molecule has 0 radical (unpaired) electrons. The number of carbonyl (C=O) groups is 3. The number of ketones is 1. The first-order valence-corrected chi connectivity index (χ1v) is 8.96. The summed E-state index contributed by atoms with van der Waals surface area (Å²) >= 11 is 0. The van der Waals surface area contributed by atoms with E-state index in [-0.39, 0.29) is 13.1 Å². The SMILES string of the molecule is CCCNC(=O)C(=O)CC(=O)N(Cc1ccc(F)cc1)Cc1ccc(F)cc1. The molecule has 0 spiro atoms. The molecular weight excluding hydrogens is 366 g/mol. The molecule has 0 bridgehead atoms. The molecule has 0 fully saturated rings. The van der Waals surface area contributed by atoms with Crippen LogP contribution >= 0.6 is 0 Å². The summed E-state index contributed by atoms with van der Waals surface area (Å²) in [6.45, 7) is 2.46. The molecule has 0 aromatic heterocycles. The molecule has 0 aliphatic rings. The summed E-state index contributed by atoms with van der Waals surface area (Å²) in [6, 6.07) is 11.3.